The van der Waals surface area contributed by atoms with E-state index in [0.717, 1.165) is 12.3 Å². The molecule has 3 heteroatoms. The van der Waals surface area contributed by atoms with Gasteiger partial charge in [-0.25, -0.2) is 0 Å². The van der Waals surface area contributed by atoms with Crippen molar-refractivity contribution >= 4 is 24.7 Å². The second kappa shape index (κ2) is 7.91. The van der Waals surface area contributed by atoms with E-state index in [4.69, 9.17) is 4.74 Å². The van der Waals surface area contributed by atoms with E-state index in [1.807, 2.05) is 0 Å². The van der Waals surface area contributed by atoms with Crippen LogP contribution in [0.5, 0.6) is 0 Å². The van der Waals surface area contributed by atoms with E-state index in [9.17, 15) is 4.79 Å². The first-order valence-electron chi connectivity index (χ1n) is 8.51. The molecule has 0 aliphatic carbocycles. The van der Waals surface area contributed by atoms with Gasteiger partial charge in [-0.1, -0.05) is 91.8 Å². The maximum atomic E-state index is 11.7. The van der Waals surface area contributed by atoms with Crippen LogP contribution < -0.4 is 10.4 Å². The quantitative estimate of drug-likeness (QED) is 0.569. The average Bonchev–Trinajstić information content (AvgIpc) is 2.59. The summed E-state index contributed by atoms with van der Waals surface area (Å²) in [6.07, 6.45) is 1.07. The lowest BCUT2D eigenvalue weighted by atomic mass is 10.2. The Hall–Kier alpha value is -1.71. The summed E-state index contributed by atoms with van der Waals surface area (Å²) in [6, 6.07) is 22.4. The standard InChI is InChI=1S/C21H28O2Si/c1-21(2,3)24(17-18(15-22)16-23-4,19-11-7-5-8-12-19)20-13-9-6-10-14-20/h5-15,18H,16-17H2,1-4H3. The number of rotatable bonds is 7. The van der Waals surface area contributed by atoms with E-state index >= 15 is 0 Å². The summed E-state index contributed by atoms with van der Waals surface area (Å²) in [7, 11) is -0.513. The van der Waals surface area contributed by atoms with Crippen molar-refractivity contribution in [2.75, 3.05) is 13.7 Å². The van der Waals surface area contributed by atoms with Crippen LogP contribution in [0.3, 0.4) is 0 Å². The van der Waals surface area contributed by atoms with Crippen LogP contribution in [0.2, 0.25) is 11.1 Å². The Labute approximate surface area is 146 Å². The molecule has 0 N–H and O–H groups in total. The highest BCUT2D eigenvalue weighted by Gasteiger charge is 2.48. The van der Waals surface area contributed by atoms with Gasteiger partial charge in [-0.2, -0.15) is 0 Å². The zero-order chi connectivity index (χ0) is 17.6. The fraction of sp³-hybridized carbons (Fsp3) is 0.381. The van der Waals surface area contributed by atoms with E-state index in [2.05, 4.69) is 81.4 Å². The molecule has 0 saturated carbocycles. The second-order valence-corrected chi connectivity index (χ2v) is 12.3. The van der Waals surface area contributed by atoms with Crippen LogP contribution >= 0.6 is 0 Å². The third kappa shape index (κ3) is 3.68. The van der Waals surface area contributed by atoms with Crippen LogP contribution in [0, 0.1) is 5.92 Å². The minimum Gasteiger partial charge on any atom is -0.384 e. The van der Waals surface area contributed by atoms with E-state index < -0.39 is 8.07 Å². The Morgan fingerprint density at radius 3 is 1.75 bits per heavy atom. The topological polar surface area (TPSA) is 26.3 Å². The Bertz CT molecular complexity index is 592. The molecule has 2 nitrogen and oxygen atoms in total. The summed E-state index contributed by atoms with van der Waals surface area (Å²) in [5.41, 5.74) is 0. The molecule has 0 aliphatic heterocycles. The highest BCUT2D eigenvalue weighted by Crippen LogP contribution is 2.40. The molecular weight excluding hydrogens is 312 g/mol. The molecule has 2 rings (SSSR count). The van der Waals surface area contributed by atoms with Crippen LogP contribution in [-0.4, -0.2) is 28.1 Å². The molecule has 0 fully saturated rings. The van der Waals surface area contributed by atoms with Crippen molar-refractivity contribution in [3.8, 4) is 0 Å². The predicted octanol–water partition coefficient (Wildman–Crippen LogP) is 3.51. The first-order valence-corrected chi connectivity index (χ1v) is 10.7. The van der Waals surface area contributed by atoms with Crippen LogP contribution in [0.4, 0.5) is 0 Å². The number of hydrogen-bond acceptors (Lipinski definition) is 2. The monoisotopic (exact) mass is 340 g/mol. The van der Waals surface area contributed by atoms with Crippen molar-refractivity contribution in [2.45, 2.75) is 31.9 Å². The predicted molar refractivity (Wildman–Crippen MR) is 104 cm³/mol. The van der Waals surface area contributed by atoms with Gasteiger partial charge in [-0.15, -0.1) is 0 Å². The van der Waals surface area contributed by atoms with Crippen molar-refractivity contribution < 1.29 is 9.53 Å². The molecule has 0 radical (unpaired) electrons. The Morgan fingerprint density at radius 1 is 0.958 bits per heavy atom. The molecule has 0 saturated heterocycles. The number of aldehydes is 1. The largest absolute Gasteiger partial charge is 0.384 e. The fourth-order valence-corrected chi connectivity index (χ4v) is 9.45. The molecular formula is C21H28O2Si. The number of benzene rings is 2. The van der Waals surface area contributed by atoms with E-state index in [-0.39, 0.29) is 11.0 Å². The van der Waals surface area contributed by atoms with Crippen molar-refractivity contribution in [1.29, 1.82) is 0 Å². The molecule has 0 bridgehead atoms. The minimum absolute atomic E-state index is 0.0741. The molecule has 0 spiro atoms. The second-order valence-electron chi connectivity index (χ2n) is 7.44. The Balaban J connectivity index is 2.68. The number of hydrogen-bond donors (Lipinski definition) is 0. The van der Waals surface area contributed by atoms with Crippen molar-refractivity contribution in [1.82, 2.24) is 0 Å². The lowest BCUT2D eigenvalue weighted by molar-refractivity contribution is -0.111. The lowest BCUT2D eigenvalue weighted by Gasteiger charge is -2.45. The van der Waals surface area contributed by atoms with E-state index in [1.54, 1.807) is 7.11 Å². The molecule has 2 aromatic carbocycles. The molecule has 24 heavy (non-hydrogen) atoms. The molecule has 0 aromatic heterocycles. The highest BCUT2D eigenvalue weighted by atomic mass is 28.3. The smallest absolute Gasteiger partial charge is 0.125 e. The van der Waals surface area contributed by atoms with E-state index in [0.29, 0.717) is 6.61 Å². The number of carbonyl (C=O) groups is 1. The van der Waals surface area contributed by atoms with Gasteiger partial charge in [-0.3, -0.25) is 0 Å². The third-order valence-corrected chi connectivity index (χ3v) is 11.3. The van der Waals surface area contributed by atoms with Gasteiger partial charge < -0.3 is 9.53 Å². The SMILES string of the molecule is COCC(C=O)C[Si](c1ccccc1)(c1ccccc1)C(C)(C)C. The number of ether oxygens (including phenoxy) is 1. The highest BCUT2D eigenvalue weighted by molar-refractivity contribution is 7.04. The van der Waals surface area contributed by atoms with Gasteiger partial charge in [0.05, 0.1) is 6.61 Å². The lowest BCUT2D eigenvalue weighted by Crippen LogP contribution is -2.65. The molecule has 128 valence electrons. The molecule has 0 aliphatic rings. The fourth-order valence-electron chi connectivity index (χ4n) is 3.77. The van der Waals surface area contributed by atoms with Gasteiger partial charge in [0.1, 0.15) is 14.4 Å². The Morgan fingerprint density at radius 2 is 1.42 bits per heavy atom. The number of methoxy groups -OCH3 is 1. The summed E-state index contributed by atoms with van der Waals surface area (Å²) >= 11 is 0. The van der Waals surface area contributed by atoms with Gasteiger partial charge in [0, 0.05) is 13.0 Å². The third-order valence-electron chi connectivity index (χ3n) is 4.96. The van der Waals surface area contributed by atoms with Gasteiger partial charge in [-0.05, 0) is 11.1 Å². The first kappa shape index (κ1) is 18.6. The molecule has 1 atom stereocenters. The van der Waals surface area contributed by atoms with Crippen molar-refractivity contribution in [3.63, 3.8) is 0 Å². The summed E-state index contributed by atoms with van der Waals surface area (Å²) < 4.78 is 5.32. The molecule has 2 aromatic rings. The average molecular weight is 341 g/mol. The van der Waals surface area contributed by atoms with Gasteiger partial charge >= 0.3 is 0 Å². The zero-order valence-electron chi connectivity index (χ0n) is 15.2. The van der Waals surface area contributed by atoms with Gasteiger partial charge in [0.2, 0.25) is 0 Å². The van der Waals surface area contributed by atoms with Crippen LogP contribution in [-0.2, 0) is 9.53 Å². The van der Waals surface area contributed by atoms with Crippen molar-refractivity contribution in [3.05, 3.63) is 60.7 Å². The maximum absolute atomic E-state index is 11.7. The van der Waals surface area contributed by atoms with Crippen molar-refractivity contribution in [2.24, 2.45) is 5.92 Å². The van der Waals surface area contributed by atoms with Crippen LogP contribution in [0.25, 0.3) is 0 Å². The Kier molecular flexibility index (Phi) is 6.14. The van der Waals surface area contributed by atoms with E-state index in [1.165, 1.54) is 10.4 Å². The summed E-state index contributed by atoms with van der Waals surface area (Å²) in [5, 5.41) is 2.84. The summed E-state index contributed by atoms with van der Waals surface area (Å²) in [6.45, 7) is 7.42. The first-order chi connectivity index (χ1) is 11.5. The minimum atomic E-state index is -2.18. The summed E-state index contributed by atoms with van der Waals surface area (Å²) in [5.74, 6) is -0.0821. The molecule has 0 heterocycles. The molecule has 1 unspecified atom stereocenters. The maximum Gasteiger partial charge on any atom is 0.125 e. The van der Waals surface area contributed by atoms with Crippen LogP contribution in [0.15, 0.2) is 60.7 Å². The zero-order valence-corrected chi connectivity index (χ0v) is 16.2. The van der Waals surface area contributed by atoms with Gasteiger partial charge in [0.15, 0.2) is 0 Å². The molecule has 0 amide bonds. The van der Waals surface area contributed by atoms with Gasteiger partial charge in [0.25, 0.3) is 0 Å². The number of carbonyl (C=O) groups excluding carboxylic acids is 1. The normalized spacial score (nSPS) is 13.5. The summed E-state index contributed by atoms with van der Waals surface area (Å²) in [4.78, 5) is 11.7. The van der Waals surface area contributed by atoms with Crippen LogP contribution in [0.1, 0.15) is 20.8 Å².